The highest BCUT2D eigenvalue weighted by molar-refractivity contribution is 7.39. The molecular weight excluding hydrogens is 512 g/mol. The fourth-order valence-electron chi connectivity index (χ4n) is 4.36. The van der Waals surface area contributed by atoms with Crippen LogP contribution in [0.1, 0.15) is 51.9 Å². The smallest absolute Gasteiger partial charge is 0.305 e. The summed E-state index contributed by atoms with van der Waals surface area (Å²) >= 11 is 3.28. The first-order chi connectivity index (χ1) is 17.8. The molecule has 0 bridgehead atoms. The molecule has 1 aromatic carbocycles. The quantitative estimate of drug-likeness (QED) is 0.294. The van der Waals surface area contributed by atoms with Gasteiger partial charge in [0, 0.05) is 22.4 Å². The number of para-hydroxylation sites is 1. The fourth-order valence-corrected chi connectivity index (χ4v) is 6.78. The molecule has 2 amide bonds. The average Bonchev–Trinajstić information content (AvgIpc) is 3.55. The second-order valence-corrected chi connectivity index (χ2v) is 11.5. The number of aliphatic hydroxyl groups excluding tert-OH is 1. The number of aryl methyl sites for hydroxylation is 1. The van der Waals surface area contributed by atoms with E-state index < -0.39 is 18.0 Å². The van der Waals surface area contributed by atoms with Crippen molar-refractivity contribution in [3.63, 3.8) is 0 Å². The first kappa shape index (κ1) is 26.9. The van der Waals surface area contributed by atoms with Gasteiger partial charge in [-0.1, -0.05) is 18.2 Å². The van der Waals surface area contributed by atoms with Crippen LogP contribution in [0.5, 0.6) is 0 Å². The van der Waals surface area contributed by atoms with Crippen molar-refractivity contribution >= 4 is 61.3 Å². The number of piperidine rings is 1. The van der Waals surface area contributed by atoms with Crippen molar-refractivity contribution in [3.05, 3.63) is 51.7 Å². The van der Waals surface area contributed by atoms with Gasteiger partial charge in [0.1, 0.15) is 11.8 Å². The molecule has 11 heteroatoms. The van der Waals surface area contributed by atoms with Gasteiger partial charge in [0.05, 0.1) is 21.0 Å². The Labute approximate surface area is 222 Å². The van der Waals surface area contributed by atoms with Gasteiger partial charge < -0.3 is 26.6 Å². The van der Waals surface area contributed by atoms with Crippen LogP contribution in [0, 0.1) is 5.92 Å². The van der Waals surface area contributed by atoms with Crippen LogP contribution in [0.15, 0.2) is 41.4 Å². The van der Waals surface area contributed by atoms with Crippen molar-refractivity contribution in [2.75, 3.05) is 19.6 Å². The molecule has 9 nitrogen and oxygen atoms in total. The SMILES string of the molecule is NC(=O)C1=Nc2ccccc2C1O.O=C(O)CCNC(=O)c1cc2cc(CCC3CCNCC3)sc2s1. The van der Waals surface area contributed by atoms with Crippen molar-refractivity contribution in [1.29, 1.82) is 0 Å². The minimum atomic E-state index is -0.964. The number of carboxylic acids is 1. The summed E-state index contributed by atoms with van der Waals surface area (Å²) < 4.78 is 1.18. The molecule has 2 aromatic heterocycles. The zero-order chi connectivity index (χ0) is 26.4. The summed E-state index contributed by atoms with van der Waals surface area (Å²) in [6.45, 7) is 2.45. The van der Waals surface area contributed by atoms with Crippen molar-refractivity contribution in [3.8, 4) is 0 Å². The number of nitrogens with two attached hydrogens (primary N) is 1. The molecule has 1 unspecified atom stereocenters. The van der Waals surface area contributed by atoms with Gasteiger partial charge in [-0.15, -0.1) is 22.7 Å². The maximum atomic E-state index is 12.0. The Bertz CT molecular complexity index is 1280. The van der Waals surface area contributed by atoms with Crippen molar-refractivity contribution in [2.24, 2.45) is 16.6 Å². The number of nitrogens with one attached hydrogen (secondary N) is 2. The number of hydrogen-bond acceptors (Lipinski definition) is 8. The highest BCUT2D eigenvalue weighted by atomic mass is 32.2. The predicted octanol–water partition coefficient (Wildman–Crippen LogP) is 3.39. The van der Waals surface area contributed by atoms with Gasteiger partial charge in [-0.05, 0) is 62.9 Å². The molecule has 196 valence electrons. The van der Waals surface area contributed by atoms with E-state index in [2.05, 4.69) is 21.7 Å². The molecule has 3 aromatic rings. The van der Waals surface area contributed by atoms with Gasteiger partial charge >= 0.3 is 5.97 Å². The Kier molecular flexibility index (Phi) is 9.04. The summed E-state index contributed by atoms with van der Waals surface area (Å²) in [6.07, 6.45) is 3.91. The number of carbonyl (C=O) groups is 3. The normalized spacial score (nSPS) is 17.0. The van der Waals surface area contributed by atoms with Gasteiger partial charge in [0.15, 0.2) is 0 Å². The van der Waals surface area contributed by atoms with E-state index in [1.54, 1.807) is 35.6 Å². The Morgan fingerprint density at radius 3 is 2.57 bits per heavy atom. The monoisotopic (exact) mass is 542 g/mol. The molecule has 6 N–H and O–H groups in total. The third kappa shape index (κ3) is 7.01. The topological polar surface area (TPSA) is 154 Å². The number of thiophene rings is 2. The number of carbonyl (C=O) groups excluding carboxylic acids is 2. The van der Waals surface area contributed by atoms with Crippen LogP contribution in [-0.4, -0.2) is 53.3 Å². The Balaban J connectivity index is 0.000000207. The second-order valence-electron chi connectivity index (χ2n) is 9.02. The molecule has 1 saturated heterocycles. The number of nitrogens with zero attached hydrogens (tertiary/aromatic N) is 1. The summed E-state index contributed by atoms with van der Waals surface area (Å²) in [5, 5.41) is 25.4. The lowest BCUT2D eigenvalue weighted by Crippen LogP contribution is -2.27. The number of hydrogen-bond donors (Lipinski definition) is 5. The summed E-state index contributed by atoms with van der Waals surface area (Å²) in [4.78, 5) is 39.3. The highest BCUT2D eigenvalue weighted by Gasteiger charge is 2.28. The highest BCUT2D eigenvalue weighted by Crippen LogP contribution is 2.35. The zero-order valence-corrected chi connectivity index (χ0v) is 21.9. The van der Waals surface area contributed by atoms with Crippen LogP contribution in [0.4, 0.5) is 5.69 Å². The van der Waals surface area contributed by atoms with E-state index in [1.807, 2.05) is 6.07 Å². The first-order valence-corrected chi connectivity index (χ1v) is 13.8. The molecule has 0 spiro atoms. The molecule has 0 radical (unpaired) electrons. The van der Waals surface area contributed by atoms with Crippen LogP contribution in [0.25, 0.3) is 9.40 Å². The van der Waals surface area contributed by atoms with E-state index in [4.69, 9.17) is 10.8 Å². The molecule has 1 fully saturated rings. The number of benzene rings is 1. The van der Waals surface area contributed by atoms with E-state index in [1.165, 1.54) is 39.5 Å². The summed E-state index contributed by atoms with van der Waals surface area (Å²) in [5.41, 5.74) is 6.30. The van der Waals surface area contributed by atoms with E-state index in [0.717, 1.165) is 30.8 Å². The van der Waals surface area contributed by atoms with Gasteiger partial charge in [-0.3, -0.25) is 14.4 Å². The largest absolute Gasteiger partial charge is 0.481 e. The molecule has 2 aliphatic rings. The van der Waals surface area contributed by atoms with E-state index in [9.17, 15) is 19.5 Å². The molecular formula is C26H30N4O5S2. The van der Waals surface area contributed by atoms with Crippen molar-refractivity contribution in [2.45, 2.75) is 38.2 Å². The lowest BCUT2D eigenvalue weighted by Gasteiger charge is -2.22. The van der Waals surface area contributed by atoms with E-state index in [-0.39, 0.29) is 24.6 Å². The van der Waals surface area contributed by atoms with Crippen LogP contribution in [0.2, 0.25) is 0 Å². The Morgan fingerprint density at radius 2 is 1.89 bits per heavy atom. The van der Waals surface area contributed by atoms with Crippen molar-refractivity contribution in [1.82, 2.24) is 10.6 Å². The van der Waals surface area contributed by atoms with Crippen molar-refractivity contribution < 1.29 is 24.6 Å². The first-order valence-electron chi connectivity index (χ1n) is 12.2. The number of primary amides is 1. The standard InChI is InChI=1S/C17H22N2O3S2.C9H8N2O2/c20-15(21)5-8-19-16(22)14-10-12-9-13(23-17(12)24-14)2-1-11-3-6-18-7-4-11;10-9(13)7-8(12)5-3-1-2-4-6(5)11-7/h9-11,18H,1-8H2,(H,19,22)(H,20,21);1-4,8,12H,(H2,10,13). The maximum absolute atomic E-state index is 12.0. The number of carboxylic acid groups (broad SMARTS) is 1. The van der Waals surface area contributed by atoms with Crippen LogP contribution >= 0.6 is 22.7 Å². The molecule has 2 aliphatic heterocycles. The van der Waals surface area contributed by atoms with Crippen LogP contribution < -0.4 is 16.4 Å². The Hall–Kier alpha value is -3.12. The minimum absolute atomic E-state index is 0.0150. The minimum Gasteiger partial charge on any atom is -0.481 e. The molecule has 4 heterocycles. The molecule has 0 aliphatic carbocycles. The van der Waals surface area contributed by atoms with Crippen LogP contribution in [-0.2, 0) is 16.0 Å². The third-order valence-electron chi connectivity index (χ3n) is 6.35. The number of fused-ring (bicyclic) bond motifs is 2. The fraction of sp³-hybridized carbons (Fsp3) is 0.385. The number of amides is 2. The number of aliphatic imine (C=N–C) groups is 1. The summed E-state index contributed by atoms with van der Waals surface area (Å²) in [6, 6.07) is 11.1. The average molecular weight is 543 g/mol. The molecule has 5 rings (SSSR count). The predicted molar refractivity (Wildman–Crippen MR) is 146 cm³/mol. The lowest BCUT2D eigenvalue weighted by atomic mass is 9.93. The number of rotatable bonds is 8. The molecule has 0 saturated carbocycles. The second kappa shape index (κ2) is 12.4. The maximum Gasteiger partial charge on any atom is 0.305 e. The number of aliphatic hydroxyl groups is 1. The van der Waals surface area contributed by atoms with E-state index in [0.29, 0.717) is 16.1 Å². The zero-order valence-electron chi connectivity index (χ0n) is 20.2. The van der Waals surface area contributed by atoms with Gasteiger partial charge in [0.2, 0.25) is 0 Å². The summed E-state index contributed by atoms with van der Waals surface area (Å²) in [7, 11) is 0. The van der Waals surface area contributed by atoms with Crippen LogP contribution in [0.3, 0.4) is 0 Å². The number of aliphatic carboxylic acids is 1. The molecule has 1 atom stereocenters. The summed E-state index contributed by atoms with van der Waals surface area (Å²) in [5.74, 6) is -0.924. The van der Waals surface area contributed by atoms with Gasteiger partial charge in [0.25, 0.3) is 11.8 Å². The van der Waals surface area contributed by atoms with Gasteiger partial charge in [-0.2, -0.15) is 0 Å². The molecule has 37 heavy (non-hydrogen) atoms. The van der Waals surface area contributed by atoms with E-state index >= 15 is 0 Å². The Morgan fingerprint density at radius 1 is 1.14 bits per heavy atom. The third-order valence-corrected chi connectivity index (χ3v) is 8.80. The lowest BCUT2D eigenvalue weighted by molar-refractivity contribution is -0.136. The van der Waals surface area contributed by atoms with Gasteiger partial charge in [-0.25, -0.2) is 4.99 Å².